The molecule has 37 heavy (non-hydrogen) atoms. The van der Waals surface area contributed by atoms with Gasteiger partial charge >= 0.3 is 0 Å². The van der Waals surface area contributed by atoms with Gasteiger partial charge in [-0.15, -0.1) is 0 Å². The van der Waals surface area contributed by atoms with Gasteiger partial charge in [-0.25, -0.2) is 12.4 Å². The Balaban J connectivity index is 1.18. The van der Waals surface area contributed by atoms with E-state index >= 15 is 0 Å². The Morgan fingerprint density at radius 2 is 1.41 bits per heavy atom. The maximum absolute atomic E-state index is 13.3. The number of para-hydroxylation sites is 1. The van der Waals surface area contributed by atoms with Crippen LogP contribution in [0.5, 0.6) is 0 Å². The van der Waals surface area contributed by atoms with E-state index < -0.39 is 10.0 Å². The Bertz CT molecular complexity index is 1210. The van der Waals surface area contributed by atoms with Crippen LogP contribution in [0.3, 0.4) is 0 Å². The van der Waals surface area contributed by atoms with Crippen molar-refractivity contribution >= 4 is 20.9 Å². The average Bonchev–Trinajstić information content (AvgIpc) is 3.33. The van der Waals surface area contributed by atoms with Crippen molar-refractivity contribution < 1.29 is 8.42 Å². The Hall–Kier alpha value is -2.15. The fourth-order valence-corrected chi connectivity index (χ4v) is 7.93. The summed E-state index contributed by atoms with van der Waals surface area (Å²) in [5.41, 5.74) is 1.76. The summed E-state index contributed by atoms with van der Waals surface area (Å²) in [7, 11) is -3.63. The first-order valence-corrected chi connectivity index (χ1v) is 15.9. The highest BCUT2D eigenvalue weighted by Crippen LogP contribution is 2.30. The van der Waals surface area contributed by atoms with Gasteiger partial charge in [-0.2, -0.15) is 0 Å². The van der Waals surface area contributed by atoms with Crippen LogP contribution in [0.25, 0.3) is 10.9 Å². The minimum atomic E-state index is -3.63. The molecular formula is C31H43N3O2S. The molecule has 0 spiro atoms. The van der Waals surface area contributed by atoms with Crippen LogP contribution in [0.1, 0.15) is 82.6 Å². The normalized spacial score (nSPS) is 18.1. The fraction of sp³-hybridized carbons (Fsp3) is 0.548. The zero-order valence-electron chi connectivity index (χ0n) is 22.2. The Kier molecular flexibility index (Phi) is 9.01. The van der Waals surface area contributed by atoms with E-state index in [9.17, 15) is 8.42 Å². The molecule has 5 nitrogen and oxygen atoms in total. The molecule has 2 aliphatic rings. The molecule has 0 saturated heterocycles. The van der Waals surface area contributed by atoms with Gasteiger partial charge in [-0.05, 0) is 75.4 Å². The number of aromatic nitrogens is 1. The summed E-state index contributed by atoms with van der Waals surface area (Å²) in [6, 6.07) is 18.1. The van der Waals surface area contributed by atoms with E-state index in [1.54, 1.807) is 30.5 Å². The van der Waals surface area contributed by atoms with Gasteiger partial charge in [0.25, 0.3) is 10.0 Å². The van der Waals surface area contributed by atoms with Crippen LogP contribution >= 0.6 is 0 Å². The minimum Gasteiger partial charge on any atom is -0.313 e. The molecule has 1 N–H and O–H groups in total. The standard InChI is InChI=1S/C31H43N3O2S/c35-37(36,29-18-8-3-9-19-29)34-25-26(30-20-10-11-21-31(30)34)24-32-22-12-13-23-33(27-14-4-1-5-15-27)28-16-6-2-7-17-28/h3,8-11,18-21,25,27-28,32H,1-2,4-7,12-17,22-24H2. The van der Waals surface area contributed by atoms with Crippen molar-refractivity contribution in [1.82, 2.24) is 14.2 Å². The number of nitrogens with one attached hydrogen (secondary N) is 1. The predicted octanol–water partition coefficient (Wildman–Crippen LogP) is 6.72. The van der Waals surface area contributed by atoms with Crippen molar-refractivity contribution in [2.45, 2.75) is 101 Å². The smallest absolute Gasteiger partial charge is 0.268 e. The molecule has 0 amide bonds. The van der Waals surface area contributed by atoms with Gasteiger partial charge < -0.3 is 5.32 Å². The van der Waals surface area contributed by atoms with Crippen molar-refractivity contribution in [3.63, 3.8) is 0 Å². The summed E-state index contributed by atoms with van der Waals surface area (Å²) in [5, 5.41) is 4.60. The first-order valence-electron chi connectivity index (χ1n) is 14.5. The topological polar surface area (TPSA) is 54.3 Å². The minimum absolute atomic E-state index is 0.316. The molecule has 0 aliphatic heterocycles. The third-order valence-corrected chi connectivity index (χ3v) is 10.2. The molecule has 6 heteroatoms. The van der Waals surface area contributed by atoms with Gasteiger partial charge in [0.15, 0.2) is 0 Å². The first kappa shape index (κ1) is 26.5. The Labute approximate surface area is 223 Å². The molecule has 2 saturated carbocycles. The van der Waals surface area contributed by atoms with Crippen molar-refractivity contribution in [1.29, 1.82) is 0 Å². The van der Waals surface area contributed by atoms with E-state index in [1.807, 2.05) is 30.3 Å². The lowest BCUT2D eigenvalue weighted by Gasteiger charge is -2.41. The molecular weight excluding hydrogens is 478 g/mol. The summed E-state index contributed by atoms with van der Waals surface area (Å²) >= 11 is 0. The highest BCUT2D eigenvalue weighted by atomic mass is 32.2. The van der Waals surface area contributed by atoms with E-state index in [-0.39, 0.29) is 0 Å². The van der Waals surface area contributed by atoms with E-state index in [0.717, 1.165) is 41.5 Å². The number of benzene rings is 2. The summed E-state index contributed by atoms with van der Waals surface area (Å²) in [6.45, 7) is 2.85. The lowest BCUT2D eigenvalue weighted by Crippen LogP contribution is -2.45. The van der Waals surface area contributed by atoms with E-state index in [2.05, 4.69) is 10.2 Å². The molecule has 5 rings (SSSR count). The van der Waals surface area contributed by atoms with Gasteiger partial charge in [-0.1, -0.05) is 74.9 Å². The molecule has 200 valence electrons. The van der Waals surface area contributed by atoms with Crippen molar-refractivity contribution in [3.05, 3.63) is 66.4 Å². The van der Waals surface area contributed by atoms with Crippen LogP contribution in [-0.2, 0) is 16.6 Å². The number of nitrogens with zero attached hydrogens (tertiary/aromatic N) is 2. The van der Waals surface area contributed by atoms with Crippen LogP contribution < -0.4 is 5.32 Å². The first-order chi connectivity index (χ1) is 18.1. The molecule has 2 fully saturated rings. The zero-order valence-corrected chi connectivity index (χ0v) is 23.0. The second kappa shape index (κ2) is 12.6. The van der Waals surface area contributed by atoms with Crippen LogP contribution in [0.4, 0.5) is 0 Å². The van der Waals surface area contributed by atoms with Crippen LogP contribution in [-0.4, -0.2) is 42.5 Å². The molecule has 0 atom stereocenters. The van der Waals surface area contributed by atoms with E-state index in [4.69, 9.17) is 0 Å². The van der Waals surface area contributed by atoms with Crippen molar-refractivity contribution in [2.24, 2.45) is 0 Å². The van der Waals surface area contributed by atoms with Crippen LogP contribution in [0, 0.1) is 0 Å². The second-order valence-electron chi connectivity index (χ2n) is 11.0. The Morgan fingerprint density at radius 1 is 0.784 bits per heavy atom. The number of hydrogen-bond acceptors (Lipinski definition) is 4. The molecule has 0 radical (unpaired) electrons. The summed E-state index contributed by atoms with van der Waals surface area (Å²) in [5.74, 6) is 0. The molecule has 1 heterocycles. The van der Waals surface area contributed by atoms with E-state index in [0.29, 0.717) is 11.4 Å². The third-order valence-electron chi connectivity index (χ3n) is 8.48. The maximum atomic E-state index is 13.3. The number of rotatable bonds is 11. The Morgan fingerprint density at radius 3 is 2.08 bits per heavy atom. The largest absolute Gasteiger partial charge is 0.313 e. The highest BCUT2D eigenvalue weighted by Gasteiger charge is 2.28. The molecule has 1 aromatic heterocycles. The van der Waals surface area contributed by atoms with Crippen molar-refractivity contribution in [3.8, 4) is 0 Å². The quantitative estimate of drug-likeness (QED) is 0.285. The molecule has 3 aromatic rings. The van der Waals surface area contributed by atoms with E-state index in [1.165, 1.54) is 81.1 Å². The predicted molar refractivity (Wildman–Crippen MR) is 152 cm³/mol. The van der Waals surface area contributed by atoms with Crippen molar-refractivity contribution in [2.75, 3.05) is 13.1 Å². The third kappa shape index (κ3) is 6.30. The molecule has 2 aliphatic carbocycles. The lowest BCUT2D eigenvalue weighted by atomic mass is 9.88. The van der Waals surface area contributed by atoms with Gasteiger partial charge in [0.2, 0.25) is 0 Å². The van der Waals surface area contributed by atoms with Gasteiger partial charge in [0.1, 0.15) is 0 Å². The number of unbranched alkanes of at least 4 members (excludes halogenated alkanes) is 1. The average molecular weight is 522 g/mol. The fourth-order valence-electron chi connectivity index (χ4n) is 6.52. The van der Waals surface area contributed by atoms with Gasteiger partial charge in [-0.3, -0.25) is 4.90 Å². The molecule has 0 unspecified atom stereocenters. The molecule has 2 aromatic carbocycles. The van der Waals surface area contributed by atoms with Crippen LogP contribution in [0.15, 0.2) is 65.7 Å². The second-order valence-corrected chi connectivity index (χ2v) is 12.8. The van der Waals surface area contributed by atoms with Gasteiger partial charge in [0, 0.05) is 30.2 Å². The number of hydrogen-bond donors (Lipinski definition) is 1. The lowest BCUT2D eigenvalue weighted by molar-refractivity contribution is 0.0790. The van der Waals surface area contributed by atoms with Crippen LogP contribution in [0.2, 0.25) is 0 Å². The zero-order chi connectivity index (χ0) is 25.5. The summed E-state index contributed by atoms with van der Waals surface area (Å²) in [6.07, 6.45) is 18.2. The molecule has 0 bridgehead atoms. The summed E-state index contributed by atoms with van der Waals surface area (Å²) in [4.78, 5) is 3.22. The SMILES string of the molecule is O=S(=O)(c1ccccc1)n1cc(CNCCCCN(C2CCCCC2)C2CCCCC2)c2ccccc21. The monoisotopic (exact) mass is 521 g/mol. The maximum Gasteiger partial charge on any atom is 0.268 e. The highest BCUT2D eigenvalue weighted by molar-refractivity contribution is 7.90. The van der Waals surface area contributed by atoms with Gasteiger partial charge in [0.05, 0.1) is 10.4 Å². The number of fused-ring (bicyclic) bond motifs is 1. The summed E-state index contributed by atoms with van der Waals surface area (Å²) < 4.78 is 28.1.